The average molecular weight is 205 g/mol. The molecule has 0 radical (unpaired) electrons. The van der Waals surface area contributed by atoms with Gasteiger partial charge in [-0.2, -0.15) is 5.26 Å². The standard InChI is InChI=1S/C9H11N5O/c1-14(5-8(12)15)9-3-2-6(11)7(4-10)13-9/h2-3H,5,11H2,1H3,(H2,12,15). The molecule has 1 aromatic heterocycles. The number of carbonyl (C=O) groups is 1. The molecule has 0 saturated heterocycles. The Balaban J connectivity index is 2.96. The van der Waals surface area contributed by atoms with E-state index in [1.54, 1.807) is 24.1 Å². The molecule has 1 amide bonds. The molecular formula is C9H11N5O. The lowest BCUT2D eigenvalue weighted by Crippen LogP contribution is -2.31. The van der Waals surface area contributed by atoms with Crippen LogP contribution in [0.4, 0.5) is 11.5 Å². The first-order chi connectivity index (χ1) is 7.04. The number of nitrogens with two attached hydrogens (primary N) is 2. The molecule has 0 aromatic carbocycles. The van der Waals surface area contributed by atoms with Crippen LogP contribution in [0.1, 0.15) is 5.69 Å². The molecular weight excluding hydrogens is 194 g/mol. The highest BCUT2D eigenvalue weighted by Crippen LogP contribution is 2.14. The first-order valence-electron chi connectivity index (χ1n) is 4.20. The Kier molecular flexibility index (Phi) is 3.08. The summed E-state index contributed by atoms with van der Waals surface area (Å²) < 4.78 is 0. The van der Waals surface area contributed by atoms with Crippen LogP contribution < -0.4 is 16.4 Å². The van der Waals surface area contributed by atoms with Crippen LogP contribution in [0.15, 0.2) is 12.1 Å². The zero-order chi connectivity index (χ0) is 11.4. The van der Waals surface area contributed by atoms with Crippen LogP contribution in [0.2, 0.25) is 0 Å². The van der Waals surface area contributed by atoms with Crippen LogP contribution in [-0.2, 0) is 4.79 Å². The molecule has 0 unspecified atom stereocenters. The van der Waals surface area contributed by atoms with E-state index in [-0.39, 0.29) is 12.2 Å². The second-order valence-electron chi connectivity index (χ2n) is 3.04. The number of nitrogen functional groups attached to an aromatic ring is 1. The molecule has 0 fully saturated rings. The van der Waals surface area contributed by atoms with Crippen molar-refractivity contribution in [3.63, 3.8) is 0 Å². The van der Waals surface area contributed by atoms with Crippen molar-refractivity contribution in [1.29, 1.82) is 5.26 Å². The van der Waals surface area contributed by atoms with E-state index in [0.29, 0.717) is 11.5 Å². The summed E-state index contributed by atoms with van der Waals surface area (Å²) >= 11 is 0. The second kappa shape index (κ2) is 4.28. The van der Waals surface area contributed by atoms with Crippen molar-refractivity contribution in [2.24, 2.45) is 5.73 Å². The van der Waals surface area contributed by atoms with Crippen LogP contribution in [0.3, 0.4) is 0 Å². The number of nitriles is 1. The number of aromatic nitrogens is 1. The monoisotopic (exact) mass is 205 g/mol. The number of primary amides is 1. The smallest absolute Gasteiger partial charge is 0.236 e. The topological polar surface area (TPSA) is 109 Å². The van der Waals surface area contributed by atoms with E-state index < -0.39 is 5.91 Å². The number of amides is 1. The van der Waals surface area contributed by atoms with E-state index in [4.69, 9.17) is 16.7 Å². The van der Waals surface area contributed by atoms with Crippen LogP contribution in [0.5, 0.6) is 0 Å². The van der Waals surface area contributed by atoms with Crippen LogP contribution in [0.25, 0.3) is 0 Å². The minimum absolute atomic E-state index is 0.0434. The maximum absolute atomic E-state index is 10.7. The third kappa shape index (κ3) is 2.57. The Bertz CT molecular complexity index is 423. The van der Waals surface area contributed by atoms with Gasteiger partial charge in [0.1, 0.15) is 11.9 Å². The van der Waals surface area contributed by atoms with Crippen LogP contribution in [-0.4, -0.2) is 24.5 Å². The summed E-state index contributed by atoms with van der Waals surface area (Å²) in [7, 11) is 1.66. The van der Waals surface area contributed by atoms with Gasteiger partial charge in [0.2, 0.25) is 5.91 Å². The van der Waals surface area contributed by atoms with E-state index in [1.807, 2.05) is 6.07 Å². The maximum Gasteiger partial charge on any atom is 0.236 e. The van der Waals surface area contributed by atoms with E-state index >= 15 is 0 Å². The molecule has 6 heteroatoms. The van der Waals surface area contributed by atoms with Gasteiger partial charge in [-0.3, -0.25) is 4.79 Å². The lowest BCUT2D eigenvalue weighted by molar-refractivity contribution is -0.116. The summed E-state index contributed by atoms with van der Waals surface area (Å²) in [5.41, 5.74) is 11.0. The third-order valence-corrected chi connectivity index (χ3v) is 1.80. The molecule has 0 aliphatic carbocycles. The number of hydrogen-bond acceptors (Lipinski definition) is 5. The highest BCUT2D eigenvalue weighted by atomic mass is 16.1. The maximum atomic E-state index is 10.7. The van der Waals surface area contributed by atoms with Gasteiger partial charge in [0.25, 0.3) is 0 Å². The molecule has 1 heterocycles. The molecule has 0 aliphatic heterocycles. The van der Waals surface area contributed by atoms with Crippen molar-refractivity contribution in [3.8, 4) is 6.07 Å². The largest absolute Gasteiger partial charge is 0.396 e. The normalized spacial score (nSPS) is 9.33. The SMILES string of the molecule is CN(CC(N)=O)c1ccc(N)c(C#N)n1. The number of rotatable bonds is 3. The Morgan fingerprint density at radius 2 is 2.33 bits per heavy atom. The highest BCUT2D eigenvalue weighted by Gasteiger charge is 2.08. The Hall–Kier alpha value is -2.29. The van der Waals surface area contributed by atoms with Gasteiger partial charge in [-0.25, -0.2) is 4.98 Å². The molecule has 0 aliphatic rings. The van der Waals surface area contributed by atoms with Gasteiger partial charge in [-0.05, 0) is 12.1 Å². The molecule has 0 saturated carbocycles. The van der Waals surface area contributed by atoms with Gasteiger partial charge >= 0.3 is 0 Å². The van der Waals surface area contributed by atoms with Crippen molar-refractivity contribution in [3.05, 3.63) is 17.8 Å². The van der Waals surface area contributed by atoms with Gasteiger partial charge in [0, 0.05) is 7.05 Å². The Morgan fingerprint density at radius 3 is 2.87 bits per heavy atom. The fraction of sp³-hybridized carbons (Fsp3) is 0.222. The van der Waals surface area contributed by atoms with Gasteiger partial charge < -0.3 is 16.4 Å². The number of anilines is 2. The van der Waals surface area contributed by atoms with Crippen molar-refractivity contribution < 1.29 is 4.79 Å². The quantitative estimate of drug-likeness (QED) is 0.688. The number of hydrogen-bond donors (Lipinski definition) is 2. The van der Waals surface area contributed by atoms with E-state index in [0.717, 1.165) is 0 Å². The van der Waals surface area contributed by atoms with E-state index in [2.05, 4.69) is 4.98 Å². The summed E-state index contributed by atoms with van der Waals surface area (Å²) in [6.45, 7) is 0.0434. The minimum atomic E-state index is -0.463. The number of nitrogens with zero attached hydrogens (tertiary/aromatic N) is 3. The first kappa shape index (κ1) is 10.8. The third-order valence-electron chi connectivity index (χ3n) is 1.80. The van der Waals surface area contributed by atoms with Gasteiger partial charge in [-0.1, -0.05) is 0 Å². The predicted molar refractivity (Wildman–Crippen MR) is 55.8 cm³/mol. The zero-order valence-corrected chi connectivity index (χ0v) is 8.27. The molecule has 78 valence electrons. The highest BCUT2D eigenvalue weighted by molar-refractivity contribution is 5.79. The van der Waals surface area contributed by atoms with Gasteiger partial charge in [0.05, 0.1) is 12.2 Å². The number of pyridine rings is 1. The van der Waals surface area contributed by atoms with Crippen molar-refractivity contribution in [2.75, 3.05) is 24.2 Å². The number of likely N-dealkylation sites (N-methyl/N-ethyl adjacent to an activating group) is 1. The molecule has 6 nitrogen and oxygen atoms in total. The minimum Gasteiger partial charge on any atom is -0.396 e. The summed E-state index contributed by atoms with van der Waals surface area (Å²) in [5, 5.41) is 8.70. The number of carbonyl (C=O) groups excluding carboxylic acids is 1. The zero-order valence-electron chi connectivity index (χ0n) is 8.27. The van der Waals surface area contributed by atoms with E-state index in [9.17, 15) is 4.79 Å². The summed E-state index contributed by atoms with van der Waals surface area (Å²) in [6.07, 6.45) is 0. The summed E-state index contributed by atoms with van der Waals surface area (Å²) in [6, 6.07) is 5.06. The van der Waals surface area contributed by atoms with Crippen molar-refractivity contribution in [2.45, 2.75) is 0 Å². The fourth-order valence-electron chi connectivity index (χ4n) is 1.08. The molecule has 0 spiro atoms. The molecule has 1 aromatic rings. The second-order valence-corrected chi connectivity index (χ2v) is 3.04. The molecule has 0 bridgehead atoms. The molecule has 1 rings (SSSR count). The summed E-state index contributed by atoms with van der Waals surface area (Å²) in [4.78, 5) is 16.2. The van der Waals surface area contributed by atoms with Gasteiger partial charge in [0.15, 0.2) is 5.69 Å². The Morgan fingerprint density at radius 1 is 1.67 bits per heavy atom. The lowest BCUT2D eigenvalue weighted by atomic mass is 10.3. The molecule has 15 heavy (non-hydrogen) atoms. The fourth-order valence-corrected chi connectivity index (χ4v) is 1.08. The van der Waals surface area contributed by atoms with E-state index in [1.165, 1.54) is 0 Å². The van der Waals surface area contributed by atoms with Crippen LogP contribution in [0, 0.1) is 11.3 Å². The molecule has 0 atom stereocenters. The average Bonchev–Trinajstić information content (AvgIpc) is 2.17. The predicted octanol–water partition coefficient (Wildman–Crippen LogP) is -0.543. The summed E-state index contributed by atoms with van der Waals surface area (Å²) in [5.74, 6) is 0.0224. The Labute approximate surface area is 87.1 Å². The molecule has 4 N–H and O–H groups in total. The van der Waals surface area contributed by atoms with Crippen LogP contribution >= 0.6 is 0 Å². The van der Waals surface area contributed by atoms with Crippen molar-refractivity contribution in [1.82, 2.24) is 4.98 Å². The first-order valence-corrected chi connectivity index (χ1v) is 4.20. The van der Waals surface area contributed by atoms with Gasteiger partial charge in [-0.15, -0.1) is 0 Å². The van der Waals surface area contributed by atoms with Crippen molar-refractivity contribution >= 4 is 17.4 Å². The lowest BCUT2D eigenvalue weighted by Gasteiger charge is -2.16.